The first-order chi connectivity index (χ1) is 25.0. The van der Waals surface area contributed by atoms with Crippen LogP contribution in [-0.4, -0.2) is 58.8 Å². The lowest BCUT2D eigenvalue weighted by Gasteiger charge is -2.25. The van der Waals surface area contributed by atoms with E-state index in [1.165, 1.54) is 36.4 Å². The van der Waals surface area contributed by atoms with Crippen LogP contribution in [0.5, 0.6) is 5.75 Å². The molecular formula is C39H46Cl2N4O9. The normalized spacial score (nSPS) is 12.1. The van der Waals surface area contributed by atoms with E-state index < -0.39 is 52.9 Å². The molecule has 0 saturated heterocycles. The van der Waals surface area contributed by atoms with E-state index in [9.17, 15) is 24.0 Å². The molecule has 13 nitrogen and oxygen atoms in total. The second-order valence-corrected chi connectivity index (χ2v) is 15.9. The smallest absolute Gasteiger partial charge is 0.414 e. The molecule has 3 amide bonds. The fourth-order valence-corrected chi connectivity index (χ4v) is 5.08. The summed E-state index contributed by atoms with van der Waals surface area (Å²) in [7, 11) is 0. The number of ether oxygens (including phenoxy) is 4. The Labute approximate surface area is 325 Å². The van der Waals surface area contributed by atoms with Gasteiger partial charge in [0.1, 0.15) is 28.6 Å². The summed E-state index contributed by atoms with van der Waals surface area (Å²) < 4.78 is 21.6. The Morgan fingerprint density at radius 3 is 1.69 bits per heavy atom. The third kappa shape index (κ3) is 15.5. The lowest BCUT2D eigenvalue weighted by molar-refractivity contribution is -0.158. The average Bonchev–Trinajstić information content (AvgIpc) is 3.00. The van der Waals surface area contributed by atoms with E-state index in [2.05, 4.69) is 20.9 Å². The number of nitrogens with one attached hydrogen (secondary N) is 3. The van der Waals surface area contributed by atoms with Gasteiger partial charge in [0.25, 0.3) is 0 Å². The molecule has 3 aromatic carbocycles. The van der Waals surface area contributed by atoms with Crippen molar-refractivity contribution in [1.29, 1.82) is 0 Å². The molecule has 0 aliphatic heterocycles. The first kappa shape index (κ1) is 43.3. The SMILES string of the molecule is CC(C)(C)OC(=O)NC(=Nc1ccc(C(=O)Oc2cc(Cl)c(CC(=O)N[C@@H](Cc3ccccc3)C(=O)OC(C)(C)C)c(Cl)c2)cc1)NC(=O)OC(C)(C)C. The number of carbonyl (C=O) groups excluding carboxylic acids is 5. The van der Waals surface area contributed by atoms with E-state index in [4.69, 9.17) is 42.1 Å². The Balaban J connectivity index is 1.72. The number of hydrogen-bond acceptors (Lipinski definition) is 10. The maximum absolute atomic E-state index is 13.2. The molecule has 0 aliphatic carbocycles. The molecule has 0 saturated carbocycles. The van der Waals surface area contributed by atoms with E-state index in [-0.39, 0.29) is 51.4 Å². The van der Waals surface area contributed by atoms with Crippen LogP contribution >= 0.6 is 23.2 Å². The van der Waals surface area contributed by atoms with Crippen LogP contribution in [0.15, 0.2) is 71.7 Å². The van der Waals surface area contributed by atoms with Crippen molar-refractivity contribution in [2.75, 3.05) is 0 Å². The van der Waals surface area contributed by atoms with Gasteiger partial charge in [-0.25, -0.2) is 24.2 Å². The number of esters is 2. The van der Waals surface area contributed by atoms with Gasteiger partial charge < -0.3 is 24.3 Å². The molecule has 0 unspecified atom stereocenters. The molecule has 0 fully saturated rings. The predicted octanol–water partition coefficient (Wildman–Crippen LogP) is 7.86. The van der Waals surface area contributed by atoms with Gasteiger partial charge in [-0.15, -0.1) is 0 Å². The number of alkyl carbamates (subject to hydrolysis) is 2. The van der Waals surface area contributed by atoms with Crippen LogP contribution in [0.4, 0.5) is 15.3 Å². The van der Waals surface area contributed by atoms with Crippen molar-refractivity contribution in [3.63, 3.8) is 0 Å². The lowest BCUT2D eigenvalue weighted by Crippen LogP contribution is -2.47. The lowest BCUT2D eigenvalue weighted by atomic mass is 10.0. The quantitative estimate of drug-likeness (QED) is 0.0643. The van der Waals surface area contributed by atoms with Crippen LogP contribution in [-0.2, 0) is 36.6 Å². The van der Waals surface area contributed by atoms with Crippen LogP contribution < -0.4 is 20.7 Å². The van der Waals surface area contributed by atoms with Gasteiger partial charge in [-0.1, -0.05) is 53.5 Å². The van der Waals surface area contributed by atoms with Gasteiger partial charge in [0.2, 0.25) is 11.9 Å². The van der Waals surface area contributed by atoms with Crippen molar-refractivity contribution in [2.45, 2.75) is 98.0 Å². The molecule has 0 spiro atoms. The number of rotatable bonds is 9. The second kappa shape index (κ2) is 18.3. The molecule has 0 heterocycles. The van der Waals surface area contributed by atoms with Crippen molar-refractivity contribution in [3.8, 4) is 5.75 Å². The summed E-state index contributed by atoms with van der Waals surface area (Å²) in [6.07, 6.45) is -1.79. The number of halogens is 2. The largest absolute Gasteiger partial charge is 0.458 e. The molecule has 0 aliphatic rings. The minimum Gasteiger partial charge on any atom is -0.458 e. The summed E-state index contributed by atoms with van der Waals surface area (Å²) in [6, 6.07) is 16.7. The minimum atomic E-state index is -0.969. The predicted molar refractivity (Wildman–Crippen MR) is 205 cm³/mol. The number of guanidine groups is 1. The Morgan fingerprint density at radius 2 is 1.20 bits per heavy atom. The fraction of sp³-hybridized carbons (Fsp3) is 0.385. The summed E-state index contributed by atoms with van der Waals surface area (Å²) in [5, 5.41) is 7.62. The topological polar surface area (TPSA) is 171 Å². The molecule has 54 heavy (non-hydrogen) atoms. The van der Waals surface area contributed by atoms with E-state index in [1.807, 2.05) is 30.3 Å². The highest BCUT2D eigenvalue weighted by molar-refractivity contribution is 6.36. The zero-order chi connectivity index (χ0) is 40.4. The number of aliphatic imine (C=N–C) groups is 1. The molecule has 3 rings (SSSR count). The van der Waals surface area contributed by atoms with Crippen LogP contribution in [0.3, 0.4) is 0 Å². The molecule has 15 heteroatoms. The van der Waals surface area contributed by atoms with Gasteiger partial charge in [0.15, 0.2) is 0 Å². The summed E-state index contributed by atoms with van der Waals surface area (Å²) in [5.41, 5.74) is -0.940. The minimum absolute atomic E-state index is 0.0161. The zero-order valence-corrected chi connectivity index (χ0v) is 33.2. The number of hydrogen-bond donors (Lipinski definition) is 3. The maximum atomic E-state index is 13.2. The highest BCUT2D eigenvalue weighted by atomic mass is 35.5. The number of nitrogens with zero attached hydrogens (tertiary/aromatic N) is 1. The van der Waals surface area contributed by atoms with E-state index in [0.717, 1.165) is 5.56 Å². The van der Waals surface area contributed by atoms with Crippen LogP contribution in [0, 0.1) is 0 Å². The highest BCUT2D eigenvalue weighted by Gasteiger charge is 2.28. The van der Waals surface area contributed by atoms with Gasteiger partial charge in [-0.05, 0) is 110 Å². The summed E-state index contributed by atoms with van der Waals surface area (Å²) in [4.78, 5) is 68.2. The van der Waals surface area contributed by atoms with Crippen molar-refractivity contribution < 1.29 is 42.9 Å². The standard InChI is InChI=1S/C39H46Cl2N4O9/c1-37(2,3)52-33(48)30(19-23-13-11-10-12-14-23)43-31(46)22-27-28(40)20-26(21-29(27)41)51-32(47)24-15-17-25(18-16-24)42-34(44-35(49)53-38(4,5)6)45-36(50)54-39(7,8)9/h10-18,20-21,30H,19,22H2,1-9H3,(H,43,46)(H2,42,44,45,49,50)/t30-/m0/s1. The molecule has 1 atom stereocenters. The van der Waals surface area contributed by atoms with Crippen LogP contribution in [0.1, 0.15) is 83.8 Å². The summed E-state index contributed by atoms with van der Waals surface area (Å²) in [6.45, 7) is 15.3. The van der Waals surface area contributed by atoms with Gasteiger partial charge in [-0.2, -0.15) is 0 Å². The van der Waals surface area contributed by atoms with E-state index in [0.29, 0.717) is 0 Å². The first-order valence-electron chi connectivity index (χ1n) is 16.9. The molecule has 3 aromatic rings. The molecule has 3 N–H and O–H groups in total. The van der Waals surface area contributed by atoms with Crippen molar-refractivity contribution >= 4 is 64.9 Å². The van der Waals surface area contributed by atoms with E-state index >= 15 is 0 Å². The molecule has 0 aromatic heterocycles. The Morgan fingerprint density at radius 1 is 0.704 bits per heavy atom. The van der Waals surface area contributed by atoms with E-state index in [1.54, 1.807) is 62.3 Å². The Kier molecular flexibility index (Phi) is 14.6. The van der Waals surface area contributed by atoms with Gasteiger partial charge in [0.05, 0.1) is 17.7 Å². The Bertz CT molecular complexity index is 1810. The third-order valence-corrected chi connectivity index (χ3v) is 7.23. The number of carbonyl (C=O) groups is 5. The highest BCUT2D eigenvalue weighted by Crippen LogP contribution is 2.31. The van der Waals surface area contributed by atoms with Crippen molar-refractivity contribution in [2.24, 2.45) is 4.99 Å². The van der Waals surface area contributed by atoms with Gasteiger partial charge >= 0.3 is 24.1 Å². The Hall–Kier alpha value is -5.14. The molecule has 0 radical (unpaired) electrons. The van der Waals surface area contributed by atoms with Gasteiger partial charge in [-0.3, -0.25) is 15.4 Å². The number of benzene rings is 3. The average molecular weight is 786 g/mol. The van der Waals surface area contributed by atoms with Crippen LogP contribution in [0.25, 0.3) is 0 Å². The second-order valence-electron chi connectivity index (χ2n) is 15.0. The molecular weight excluding hydrogens is 739 g/mol. The maximum Gasteiger partial charge on any atom is 0.414 e. The van der Waals surface area contributed by atoms with Crippen molar-refractivity contribution in [1.82, 2.24) is 16.0 Å². The van der Waals surface area contributed by atoms with Gasteiger partial charge in [0, 0.05) is 16.5 Å². The molecule has 0 bridgehead atoms. The summed E-state index contributed by atoms with van der Waals surface area (Å²) >= 11 is 13.0. The molecule has 290 valence electrons. The monoisotopic (exact) mass is 784 g/mol. The van der Waals surface area contributed by atoms with Crippen LogP contribution in [0.2, 0.25) is 10.0 Å². The third-order valence-electron chi connectivity index (χ3n) is 6.55. The fourth-order valence-electron chi connectivity index (χ4n) is 4.48. The van der Waals surface area contributed by atoms with Crippen molar-refractivity contribution in [3.05, 3.63) is 93.5 Å². The number of amides is 3. The zero-order valence-electron chi connectivity index (χ0n) is 31.7. The first-order valence-corrected chi connectivity index (χ1v) is 17.7. The summed E-state index contributed by atoms with van der Waals surface area (Å²) in [5.74, 6) is -2.13.